The number of aliphatic carboxylic acids is 1. The van der Waals surface area contributed by atoms with Gasteiger partial charge in [-0.2, -0.15) is 0 Å². The molecule has 5 rings (SSSR count). The van der Waals surface area contributed by atoms with Crippen LogP contribution < -0.4 is 20.9 Å². The lowest BCUT2D eigenvalue weighted by atomic mass is 10.00. The van der Waals surface area contributed by atoms with Crippen molar-refractivity contribution >= 4 is 34.2 Å². The van der Waals surface area contributed by atoms with Gasteiger partial charge in [-0.15, -0.1) is 0 Å². The molecule has 1 heterocycles. The van der Waals surface area contributed by atoms with Gasteiger partial charge in [0.2, 0.25) is 11.8 Å². The maximum Gasteiger partial charge on any atom is 0.337 e. The molecule has 5 aromatic rings. The number of pyridine rings is 1. The van der Waals surface area contributed by atoms with Gasteiger partial charge in [-0.1, -0.05) is 78.9 Å². The van der Waals surface area contributed by atoms with Crippen LogP contribution in [0.4, 0.5) is 5.69 Å². The molecule has 0 fully saturated rings. The van der Waals surface area contributed by atoms with Crippen LogP contribution in [0.15, 0.2) is 108 Å². The second-order valence-corrected chi connectivity index (χ2v) is 11.3. The predicted octanol–water partition coefficient (Wildman–Crippen LogP) is 4.39. The van der Waals surface area contributed by atoms with E-state index in [2.05, 4.69) is 10.6 Å². The first-order valence-corrected chi connectivity index (χ1v) is 15.0. The lowest BCUT2D eigenvalue weighted by Crippen LogP contribution is -2.46. The minimum absolute atomic E-state index is 0.0217. The van der Waals surface area contributed by atoms with Gasteiger partial charge in [-0.25, -0.2) is 4.79 Å². The summed E-state index contributed by atoms with van der Waals surface area (Å²) in [5.74, 6) is -1.67. The van der Waals surface area contributed by atoms with Crippen LogP contribution in [0.1, 0.15) is 33.9 Å². The predicted molar refractivity (Wildman–Crippen MR) is 178 cm³/mol. The van der Waals surface area contributed by atoms with Gasteiger partial charge in [0.1, 0.15) is 17.5 Å². The van der Waals surface area contributed by atoms with Gasteiger partial charge in [0.25, 0.3) is 5.56 Å². The molecule has 47 heavy (non-hydrogen) atoms. The summed E-state index contributed by atoms with van der Waals surface area (Å²) in [5.41, 5.74) is 2.71. The van der Waals surface area contributed by atoms with Crippen molar-refractivity contribution in [3.63, 3.8) is 0 Å². The highest BCUT2D eigenvalue weighted by Gasteiger charge is 2.24. The zero-order valence-electron chi connectivity index (χ0n) is 26.0. The van der Waals surface area contributed by atoms with E-state index in [0.717, 1.165) is 21.9 Å². The molecule has 2 unspecified atom stereocenters. The van der Waals surface area contributed by atoms with E-state index in [0.29, 0.717) is 16.9 Å². The lowest BCUT2D eigenvalue weighted by Gasteiger charge is -2.20. The van der Waals surface area contributed by atoms with Crippen molar-refractivity contribution in [2.45, 2.75) is 38.5 Å². The second-order valence-electron chi connectivity index (χ2n) is 11.3. The molecule has 4 aromatic carbocycles. The van der Waals surface area contributed by atoms with Crippen molar-refractivity contribution in [2.75, 3.05) is 12.4 Å². The van der Waals surface area contributed by atoms with E-state index in [1.54, 1.807) is 50.6 Å². The highest BCUT2D eigenvalue weighted by Crippen LogP contribution is 2.20. The summed E-state index contributed by atoms with van der Waals surface area (Å²) in [4.78, 5) is 52.0. The Kier molecular flexibility index (Phi) is 10.1. The maximum atomic E-state index is 13.8. The van der Waals surface area contributed by atoms with Gasteiger partial charge in [0.15, 0.2) is 6.10 Å². The molecular formula is C37H35N3O7. The molecule has 0 spiro atoms. The largest absolute Gasteiger partial charge is 0.497 e. The Morgan fingerprint density at radius 3 is 2.26 bits per heavy atom. The quantitative estimate of drug-likeness (QED) is 0.159. The Morgan fingerprint density at radius 2 is 1.55 bits per heavy atom. The molecular weight excluding hydrogens is 598 g/mol. The first kappa shape index (κ1) is 32.6. The molecule has 4 N–H and O–H groups in total. The normalized spacial score (nSPS) is 12.2. The Labute approximate surface area is 271 Å². The number of fused-ring (bicyclic) bond motifs is 1. The van der Waals surface area contributed by atoms with Crippen LogP contribution in [0, 0.1) is 6.92 Å². The van der Waals surface area contributed by atoms with E-state index in [-0.39, 0.29) is 36.5 Å². The third-order valence-corrected chi connectivity index (χ3v) is 7.99. The van der Waals surface area contributed by atoms with Crippen molar-refractivity contribution in [3.05, 3.63) is 141 Å². The fourth-order valence-corrected chi connectivity index (χ4v) is 5.37. The number of carbonyl (C=O) groups excluding carboxylic acids is 2. The molecule has 0 aliphatic rings. The first-order chi connectivity index (χ1) is 22.6. The van der Waals surface area contributed by atoms with E-state index < -0.39 is 29.6 Å². The number of aliphatic hydroxyl groups is 1. The first-order valence-electron chi connectivity index (χ1n) is 15.0. The number of carboxylic acids is 1. The summed E-state index contributed by atoms with van der Waals surface area (Å²) in [6.45, 7) is 1.99. The zero-order chi connectivity index (χ0) is 33.5. The number of nitrogens with zero attached hydrogens (tertiary/aromatic N) is 1. The highest BCUT2D eigenvalue weighted by atomic mass is 16.5. The Balaban J connectivity index is 1.39. The number of carboxylic acid groups (broad SMARTS) is 1. The summed E-state index contributed by atoms with van der Waals surface area (Å²) in [6, 6.07) is 27.5. The number of aryl methyl sites for hydroxylation is 1. The zero-order valence-corrected chi connectivity index (χ0v) is 26.0. The van der Waals surface area contributed by atoms with Crippen LogP contribution in [0.5, 0.6) is 5.75 Å². The van der Waals surface area contributed by atoms with Crippen molar-refractivity contribution in [2.24, 2.45) is 0 Å². The lowest BCUT2D eigenvalue weighted by molar-refractivity contribution is -0.147. The number of nitrogens with one attached hydrogen (secondary N) is 2. The molecule has 0 bridgehead atoms. The smallest absolute Gasteiger partial charge is 0.337 e. The number of rotatable bonds is 12. The van der Waals surface area contributed by atoms with E-state index in [1.807, 2.05) is 54.6 Å². The van der Waals surface area contributed by atoms with Gasteiger partial charge < -0.3 is 30.2 Å². The van der Waals surface area contributed by atoms with Crippen molar-refractivity contribution in [3.8, 4) is 5.75 Å². The molecule has 0 saturated heterocycles. The van der Waals surface area contributed by atoms with E-state index >= 15 is 0 Å². The van der Waals surface area contributed by atoms with Gasteiger partial charge in [-0.05, 0) is 63.7 Å². The van der Waals surface area contributed by atoms with Crippen LogP contribution >= 0.6 is 0 Å². The summed E-state index contributed by atoms with van der Waals surface area (Å²) in [7, 11) is 1.58. The van der Waals surface area contributed by atoms with Gasteiger partial charge in [-0.3, -0.25) is 14.4 Å². The van der Waals surface area contributed by atoms with Crippen LogP contribution in [0.3, 0.4) is 0 Å². The fourth-order valence-electron chi connectivity index (χ4n) is 5.37. The molecule has 240 valence electrons. The third kappa shape index (κ3) is 7.92. The Hall–Kier alpha value is -5.74. The molecule has 2 amide bonds. The van der Waals surface area contributed by atoms with Crippen LogP contribution in [0.2, 0.25) is 0 Å². The number of aliphatic hydroxyl groups excluding tert-OH is 1. The van der Waals surface area contributed by atoms with E-state index in [9.17, 15) is 24.3 Å². The number of carbonyl (C=O) groups is 3. The number of methoxy groups -OCH3 is 1. The number of hydrogen-bond acceptors (Lipinski definition) is 6. The van der Waals surface area contributed by atoms with Gasteiger partial charge >= 0.3 is 5.97 Å². The summed E-state index contributed by atoms with van der Waals surface area (Å²) in [5, 5.41) is 26.5. The molecule has 10 heteroatoms. The van der Waals surface area contributed by atoms with Crippen LogP contribution in [0.25, 0.3) is 10.8 Å². The SMILES string of the molecule is COc1ccc(Cn2ccc(C)c(NC(=O)C(Cc3ccc(C(O)C(=O)O)cc3)NC(=O)Cc3cccc4ccccc34)c2=O)cc1. The molecule has 0 saturated carbocycles. The molecule has 0 aliphatic carbocycles. The number of benzene rings is 4. The minimum Gasteiger partial charge on any atom is -0.497 e. The molecule has 2 atom stereocenters. The number of aromatic nitrogens is 1. The van der Waals surface area contributed by atoms with Crippen molar-refractivity contribution in [1.29, 1.82) is 0 Å². The van der Waals surface area contributed by atoms with Gasteiger partial charge in [0, 0.05) is 12.6 Å². The maximum absolute atomic E-state index is 13.8. The topological polar surface area (TPSA) is 147 Å². The van der Waals surface area contributed by atoms with E-state index in [4.69, 9.17) is 9.84 Å². The molecule has 10 nitrogen and oxygen atoms in total. The van der Waals surface area contributed by atoms with Gasteiger partial charge in [0.05, 0.1) is 20.1 Å². The van der Waals surface area contributed by atoms with Crippen molar-refractivity contribution < 1.29 is 29.3 Å². The van der Waals surface area contributed by atoms with Crippen LogP contribution in [-0.2, 0) is 33.8 Å². The highest BCUT2D eigenvalue weighted by molar-refractivity contribution is 5.98. The summed E-state index contributed by atoms with van der Waals surface area (Å²) in [6.07, 6.45) is 0.0366. The summed E-state index contributed by atoms with van der Waals surface area (Å²) >= 11 is 0. The number of amides is 2. The van der Waals surface area contributed by atoms with E-state index in [1.165, 1.54) is 16.7 Å². The number of ether oxygens (including phenoxy) is 1. The second kappa shape index (κ2) is 14.6. The number of anilines is 1. The molecule has 0 aliphatic heterocycles. The average molecular weight is 634 g/mol. The Morgan fingerprint density at radius 1 is 0.872 bits per heavy atom. The molecule has 1 aromatic heterocycles. The summed E-state index contributed by atoms with van der Waals surface area (Å²) < 4.78 is 6.70. The van der Waals surface area contributed by atoms with Crippen molar-refractivity contribution in [1.82, 2.24) is 9.88 Å². The monoisotopic (exact) mass is 633 g/mol. The fraction of sp³-hybridized carbons (Fsp3) is 0.189. The standard InChI is InChI=1S/C37H35N3O7/c1-23-18-19-40(22-25-12-16-29(47-2)17-13-25)36(44)33(23)39-35(43)31(20-24-10-14-27(15-11-24)34(42)37(45)46)38-32(41)21-28-8-5-7-26-6-3-4-9-30(26)28/h3-19,31,34,42H,20-22H2,1-2H3,(H,38,41)(H,39,43)(H,45,46). The Bertz CT molecular complexity index is 1960. The van der Waals surface area contributed by atoms with Crippen LogP contribution in [-0.4, -0.2) is 45.7 Å². The minimum atomic E-state index is -1.69. The third-order valence-electron chi connectivity index (χ3n) is 7.99. The average Bonchev–Trinajstić information content (AvgIpc) is 3.08. The number of hydrogen-bond donors (Lipinski definition) is 4. The molecule has 0 radical (unpaired) electrons.